The predicted octanol–water partition coefficient (Wildman–Crippen LogP) is 3.27. The molecule has 114 valence electrons. The molecule has 0 amide bonds. The van der Waals surface area contributed by atoms with E-state index in [1.807, 2.05) is 13.0 Å². The molecule has 7 heteroatoms. The quantitative estimate of drug-likeness (QED) is 0.814. The Hall–Kier alpha value is -2.02. The minimum Gasteiger partial charge on any atom is -0.465 e. The first-order valence-electron chi connectivity index (χ1n) is 6.21. The maximum absolute atomic E-state index is 12.0. The lowest BCUT2D eigenvalue weighted by atomic mass is 10.1. The fourth-order valence-electron chi connectivity index (χ4n) is 2.26. The van der Waals surface area contributed by atoms with E-state index in [-0.39, 0.29) is 6.54 Å². The predicted molar refractivity (Wildman–Crippen MR) is 70.0 cm³/mol. The Morgan fingerprint density at radius 2 is 2.05 bits per heavy atom. The van der Waals surface area contributed by atoms with E-state index in [9.17, 15) is 18.0 Å². The molecule has 0 saturated heterocycles. The molecule has 21 heavy (non-hydrogen) atoms. The minimum atomic E-state index is -4.66. The van der Waals surface area contributed by atoms with E-state index in [1.165, 1.54) is 13.3 Å². The van der Waals surface area contributed by atoms with Crippen LogP contribution in [0.25, 0.3) is 10.9 Å². The third kappa shape index (κ3) is 3.36. The third-order valence-corrected chi connectivity index (χ3v) is 3.10. The van der Waals surface area contributed by atoms with Gasteiger partial charge in [-0.05, 0) is 12.5 Å². The Labute approximate surface area is 119 Å². The monoisotopic (exact) mass is 301 g/mol. The second kappa shape index (κ2) is 5.77. The summed E-state index contributed by atoms with van der Waals surface area (Å²) < 4.78 is 46.1. The number of benzene rings is 1. The third-order valence-electron chi connectivity index (χ3n) is 3.10. The van der Waals surface area contributed by atoms with Crippen LogP contribution in [0.2, 0.25) is 0 Å². The fraction of sp³-hybridized carbons (Fsp3) is 0.357. The van der Waals surface area contributed by atoms with Crippen molar-refractivity contribution in [2.45, 2.75) is 19.8 Å². The van der Waals surface area contributed by atoms with Gasteiger partial charge in [0.2, 0.25) is 0 Å². The van der Waals surface area contributed by atoms with Gasteiger partial charge in [-0.3, -0.25) is 4.74 Å². The lowest BCUT2D eigenvalue weighted by Crippen LogP contribution is -2.17. The van der Waals surface area contributed by atoms with Gasteiger partial charge in [0.25, 0.3) is 0 Å². The molecule has 1 aromatic heterocycles. The van der Waals surface area contributed by atoms with Crippen molar-refractivity contribution in [1.29, 1.82) is 0 Å². The first-order valence-corrected chi connectivity index (χ1v) is 6.21. The van der Waals surface area contributed by atoms with Crippen LogP contribution in [0, 0.1) is 6.92 Å². The molecule has 1 aromatic carbocycles. The van der Waals surface area contributed by atoms with Crippen molar-refractivity contribution in [2.75, 3.05) is 13.7 Å². The van der Waals surface area contributed by atoms with Gasteiger partial charge in [-0.25, -0.2) is 4.79 Å². The van der Waals surface area contributed by atoms with Crippen LogP contribution >= 0.6 is 0 Å². The number of alkyl halides is 3. The van der Waals surface area contributed by atoms with E-state index in [0.717, 1.165) is 5.56 Å². The molecule has 0 aliphatic heterocycles. The number of hydrogen-bond donors (Lipinski definition) is 0. The number of carbonyl (C=O) groups is 1. The van der Waals surface area contributed by atoms with Crippen LogP contribution < -0.4 is 0 Å². The number of methoxy groups -OCH3 is 1. The van der Waals surface area contributed by atoms with E-state index >= 15 is 0 Å². The largest absolute Gasteiger partial charge is 0.522 e. The number of hydrogen-bond acceptors (Lipinski definition) is 3. The van der Waals surface area contributed by atoms with Gasteiger partial charge in [0.1, 0.15) is 0 Å². The molecule has 0 atom stereocenters. The average molecular weight is 301 g/mol. The van der Waals surface area contributed by atoms with Crippen molar-refractivity contribution < 1.29 is 27.4 Å². The number of ether oxygens (including phenoxy) is 2. The number of carbonyl (C=O) groups excluding carboxylic acids is 1. The SMILES string of the molecule is COC(=O)c1cn(CCOC(F)(F)F)c2c(C)cccc12. The van der Waals surface area contributed by atoms with Crippen molar-refractivity contribution in [1.82, 2.24) is 4.57 Å². The highest BCUT2D eigenvalue weighted by Crippen LogP contribution is 2.25. The summed E-state index contributed by atoms with van der Waals surface area (Å²) in [6.07, 6.45) is -3.17. The highest BCUT2D eigenvalue weighted by molar-refractivity contribution is 6.05. The summed E-state index contributed by atoms with van der Waals surface area (Å²) in [4.78, 5) is 11.7. The molecule has 0 fully saturated rings. The van der Waals surface area contributed by atoms with Crippen molar-refractivity contribution in [3.05, 3.63) is 35.5 Å². The van der Waals surface area contributed by atoms with E-state index in [2.05, 4.69) is 4.74 Å². The second-order valence-corrected chi connectivity index (χ2v) is 4.49. The van der Waals surface area contributed by atoms with E-state index in [1.54, 1.807) is 16.7 Å². The van der Waals surface area contributed by atoms with Gasteiger partial charge in [-0.1, -0.05) is 18.2 Å². The molecule has 0 spiro atoms. The van der Waals surface area contributed by atoms with Crippen LogP contribution in [-0.4, -0.2) is 30.6 Å². The van der Waals surface area contributed by atoms with Crippen LogP contribution in [0.15, 0.2) is 24.4 Å². The molecular formula is C14H14F3NO3. The lowest BCUT2D eigenvalue weighted by Gasteiger charge is -2.09. The maximum atomic E-state index is 12.0. The zero-order chi connectivity index (χ0) is 15.6. The molecule has 0 saturated carbocycles. The minimum absolute atomic E-state index is 0.0160. The van der Waals surface area contributed by atoms with Gasteiger partial charge in [0, 0.05) is 18.1 Å². The summed E-state index contributed by atoms with van der Waals surface area (Å²) in [6, 6.07) is 5.33. The van der Waals surface area contributed by atoms with Crippen LogP contribution in [0.5, 0.6) is 0 Å². The number of aromatic nitrogens is 1. The molecule has 2 aromatic rings. The summed E-state index contributed by atoms with van der Waals surface area (Å²) in [7, 11) is 1.26. The molecule has 1 heterocycles. The molecular weight excluding hydrogens is 287 g/mol. The highest BCUT2D eigenvalue weighted by atomic mass is 19.4. The average Bonchev–Trinajstić information content (AvgIpc) is 2.77. The number of aryl methyl sites for hydroxylation is 1. The topological polar surface area (TPSA) is 40.5 Å². The molecule has 0 radical (unpaired) electrons. The summed E-state index contributed by atoms with van der Waals surface area (Å²) in [5, 5.41) is 0.647. The van der Waals surface area contributed by atoms with Gasteiger partial charge in [0.15, 0.2) is 0 Å². The first-order chi connectivity index (χ1) is 9.83. The smallest absolute Gasteiger partial charge is 0.465 e. The number of esters is 1. The Morgan fingerprint density at radius 3 is 2.67 bits per heavy atom. The van der Waals surface area contributed by atoms with Gasteiger partial charge >= 0.3 is 12.3 Å². The van der Waals surface area contributed by atoms with Crippen LogP contribution in [-0.2, 0) is 16.0 Å². The Morgan fingerprint density at radius 1 is 1.33 bits per heavy atom. The van der Waals surface area contributed by atoms with Crippen molar-refractivity contribution >= 4 is 16.9 Å². The van der Waals surface area contributed by atoms with E-state index in [0.29, 0.717) is 16.5 Å². The van der Waals surface area contributed by atoms with Crippen LogP contribution in [0.1, 0.15) is 15.9 Å². The standard InChI is InChI=1S/C14H14F3NO3/c1-9-4-3-5-10-11(13(19)20-2)8-18(12(9)10)6-7-21-14(15,16)17/h3-5,8H,6-7H2,1-2H3. The Kier molecular flexibility index (Phi) is 4.22. The van der Waals surface area contributed by atoms with Crippen LogP contribution in [0.4, 0.5) is 13.2 Å². The van der Waals surface area contributed by atoms with E-state index < -0.39 is 18.9 Å². The Bertz CT molecular complexity index is 661. The van der Waals surface area contributed by atoms with Gasteiger partial charge in [-0.2, -0.15) is 0 Å². The molecule has 0 N–H and O–H groups in total. The van der Waals surface area contributed by atoms with Crippen molar-refractivity contribution in [3.8, 4) is 0 Å². The number of halogens is 3. The van der Waals surface area contributed by atoms with E-state index in [4.69, 9.17) is 4.74 Å². The zero-order valence-electron chi connectivity index (χ0n) is 11.5. The molecule has 2 rings (SSSR count). The summed E-state index contributed by atoms with van der Waals surface area (Å²) in [5.74, 6) is -0.527. The summed E-state index contributed by atoms with van der Waals surface area (Å²) in [5.41, 5.74) is 1.88. The van der Waals surface area contributed by atoms with Gasteiger partial charge in [0.05, 0.1) is 24.8 Å². The molecule has 4 nitrogen and oxygen atoms in total. The second-order valence-electron chi connectivity index (χ2n) is 4.49. The van der Waals surface area contributed by atoms with Gasteiger partial charge < -0.3 is 9.30 Å². The molecule has 0 aliphatic carbocycles. The number of nitrogens with zero attached hydrogens (tertiary/aromatic N) is 1. The molecule has 0 aliphatic rings. The Balaban J connectivity index is 2.37. The number of para-hydroxylation sites is 1. The number of rotatable bonds is 4. The first kappa shape index (κ1) is 15.4. The number of fused-ring (bicyclic) bond motifs is 1. The maximum Gasteiger partial charge on any atom is 0.522 e. The zero-order valence-corrected chi connectivity index (χ0v) is 11.5. The van der Waals surface area contributed by atoms with Crippen LogP contribution in [0.3, 0.4) is 0 Å². The molecule has 0 unspecified atom stereocenters. The van der Waals surface area contributed by atoms with Crippen molar-refractivity contribution in [3.63, 3.8) is 0 Å². The highest BCUT2D eigenvalue weighted by Gasteiger charge is 2.28. The summed E-state index contributed by atoms with van der Waals surface area (Å²) in [6.45, 7) is 1.28. The molecule has 0 bridgehead atoms. The van der Waals surface area contributed by atoms with Gasteiger partial charge in [-0.15, -0.1) is 13.2 Å². The normalized spacial score (nSPS) is 11.9. The fourth-order valence-corrected chi connectivity index (χ4v) is 2.26. The summed E-state index contributed by atoms with van der Waals surface area (Å²) >= 11 is 0. The van der Waals surface area contributed by atoms with Crippen molar-refractivity contribution in [2.24, 2.45) is 0 Å². The lowest BCUT2D eigenvalue weighted by molar-refractivity contribution is -0.325.